The SMILES string of the molecule is Nc1noc2ccc(CC(CC(=O)N3CCCC3)C(=O)Nc3ccc(-c4ccccc4S(N)(=O)=O)cc3)cc12. The first-order valence-corrected chi connectivity index (χ1v) is 14.2. The Bertz CT molecular complexity index is 1630. The summed E-state index contributed by atoms with van der Waals surface area (Å²) in [7, 11) is -3.91. The number of carbonyl (C=O) groups is 2. The molecular formula is C28H29N5O5S. The second-order valence-corrected chi connectivity index (χ2v) is 11.2. The zero-order valence-corrected chi connectivity index (χ0v) is 22.0. The maximum absolute atomic E-state index is 13.5. The molecule has 1 aromatic heterocycles. The standard InChI is InChI=1S/C28H29N5O5S/c29-27-23-16-18(7-12-24(23)38-32-27)15-20(17-26(34)33-13-3-4-14-33)28(35)31-21-10-8-19(9-11-21)22-5-1-2-6-25(22)39(30,36)37/h1-2,5-12,16,20H,3-4,13-15,17H2,(H2,29,32)(H,31,35)(H2,30,36,37). The fraction of sp³-hybridized carbons (Fsp3) is 0.250. The van der Waals surface area contributed by atoms with Gasteiger partial charge in [-0.3, -0.25) is 9.59 Å². The number of primary sulfonamides is 1. The third-order valence-corrected chi connectivity index (χ3v) is 7.92. The number of carbonyl (C=O) groups excluding carboxylic acids is 2. The van der Waals surface area contributed by atoms with E-state index in [0.717, 1.165) is 18.4 Å². The van der Waals surface area contributed by atoms with Gasteiger partial charge in [-0.2, -0.15) is 0 Å². The molecule has 0 radical (unpaired) electrons. The highest BCUT2D eigenvalue weighted by molar-refractivity contribution is 7.89. The molecule has 4 aromatic rings. The number of amides is 2. The molecule has 11 heteroatoms. The number of nitrogen functional groups attached to an aromatic ring is 1. The average Bonchev–Trinajstić information content (AvgIpc) is 3.59. The van der Waals surface area contributed by atoms with E-state index in [-0.39, 0.29) is 28.9 Å². The summed E-state index contributed by atoms with van der Waals surface area (Å²) in [6.45, 7) is 1.41. The Morgan fingerprint density at radius 2 is 1.74 bits per heavy atom. The van der Waals surface area contributed by atoms with Crippen molar-refractivity contribution in [2.45, 2.75) is 30.6 Å². The molecule has 39 heavy (non-hydrogen) atoms. The number of likely N-dealkylation sites (tertiary alicyclic amines) is 1. The Morgan fingerprint density at radius 3 is 2.46 bits per heavy atom. The monoisotopic (exact) mass is 547 g/mol. The van der Waals surface area contributed by atoms with Gasteiger partial charge >= 0.3 is 0 Å². The maximum Gasteiger partial charge on any atom is 0.238 e. The lowest BCUT2D eigenvalue weighted by Crippen LogP contribution is -2.34. The molecule has 1 fully saturated rings. The Hall–Kier alpha value is -4.22. The normalized spacial score (nSPS) is 14.4. The molecule has 2 amide bonds. The molecule has 0 spiro atoms. The minimum Gasteiger partial charge on any atom is -0.380 e. The van der Waals surface area contributed by atoms with Crippen molar-refractivity contribution in [1.29, 1.82) is 0 Å². The van der Waals surface area contributed by atoms with Crippen molar-refractivity contribution in [3.63, 3.8) is 0 Å². The number of hydrogen-bond donors (Lipinski definition) is 3. The van der Waals surface area contributed by atoms with Crippen LogP contribution in [0.15, 0.2) is 76.1 Å². The summed E-state index contributed by atoms with van der Waals surface area (Å²) in [5.41, 5.74) is 8.92. The first kappa shape index (κ1) is 26.4. The maximum atomic E-state index is 13.5. The molecule has 0 aliphatic carbocycles. The Morgan fingerprint density at radius 1 is 1.03 bits per heavy atom. The molecule has 202 valence electrons. The van der Waals surface area contributed by atoms with Crippen LogP contribution in [0.3, 0.4) is 0 Å². The van der Waals surface area contributed by atoms with E-state index >= 15 is 0 Å². The summed E-state index contributed by atoms with van der Waals surface area (Å²) in [5, 5.41) is 12.7. The minimum atomic E-state index is -3.91. The van der Waals surface area contributed by atoms with E-state index < -0.39 is 15.9 Å². The molecule has 2 heterocycles. The molecule has 0 bridgehead atoms. The molecule has 1 atom stereocenters. The van der Waals surface area contributed by atoms with Crippen LogP contribution in [0.2, 0.25) is 0 Å². The number of nitrogens with one attached hydrogen (secondary N) is 1. The zero-order valence-electron chi connectivity index (χ0n) is 21.2. The van der Waals surface area contributed by atoms with Gasteiger partial charge in [0.15, 0.2) is 11.4 Å². The molecule has 10 nitrogen and oxygen atoms in total. The molecule has 1 saturated heterocycles. The van der Waals surface area contributed by atoms with Crippen LogP contribution >= 0.6 is 0 Å². The van der Waals surface area contributed by atoms with E-state index in [1.165, 1.54) is 6.07 Å². The van der Waals surface area contributed by atoms with Crippen molar-refractivity contribution in [3.05, 3.63) is 72.3 Å². The van der Waals surface area contributed by atoms with Gasteiger partial charge in [-0.1, -0.05) is 41.6 Å². The molecular weight excluding hydrogens is 518 g/mol. The Balaban J connectivity index is 1.36. The van der Waals surface area contributed by atoms with Gasteiger partial charge in [-0.15, -0.1) is 0 Å². The lowest BCUT2D eigenvalue weighted by atomic mass is 9.93. The van der Waals surface area contributed by atoms with Gasteiger partial charge in [-0.25, -0.2) is 13.6 Å². The summed E-state index contributed by atoms with van der Waals surface area (Å²) in [5.74, 6) is -0.698. The van der Waals surface area contributed by atoms with Crippen molar-refractivity contribution in [3.8, 4) is 11.1 Å². The van der Waals surface area contributed by atoms with Crippen LogP contribution in [0.1, 0.15) is 24.8 Å². The zero-order chi connectivity index (χ0) is 27.6. The summed E-state index contributed by atoms with van der Waals surface area (Å²) in [6.07, 6.45) is 2.33. The van der Waals surface area contributed by atoms with Crippen LogP contribution < -0.4 is 16.2 Å². The molecule has 0 saturated carbocycles. The van der Waals surface area contributed by atoms with Gasteiger partial charge in [0.25, 0.3) is 0 Å². The van der Waals surface area contributed by atoms with E-state index in [9.17, 15) is 18.0 Å². The quantitative estimate of drug-likeness (QED) is 0.304. The fourth-order valence-corrected chi connectivity index (χ4v) is 5.67. The van der Waals surface area contributed by atoms with Crippen LogP contribution in [-0.4, -0.2) is 43.4 Å². The highest BCUT2D eigenvalue weighted by atomic mass is 32.2. The van der Waals surface area contributed by atoms with Crippen molar-refractivity contribution in [1.82, 2.24) is 10.1 Å². The Labute approximate surface area is 226 Å². The third kappa shape index (κ3) is 5.94. The van der Waals surface area contributed by atoms with E-state index in [4.69, 9.17) is 15.4 Å². The van der Waals surface area contributed by atoms with Crippen LogP contribution in [0.25, 0.3) is 22.1 Å². The topological polar surface area (TPSA) is 162 Å². The minimum absolute atomic E-state index is 0.0210. The van der Waals surface area contributed by atoms with Crippen LogP contribution in [-0.2, 0) is 26.0 Å². The summed E-state index contributed by atoms with van der Waals surface area (Å²) < 4.78 is 29.2. The number of hydrogen-bond acceptors (Lipinski definition) is 7. The lowest BCUT2D eigenvalue weighted by Gasteiger charge is -2.21. The number of anilines is 2. The predicted molar refractivity (Wildman–Crippen MR) is 148 cm³/mol. The molecule has 5 N–H and O–H groups in total. The molecule has 5 rings (SSSR count). The average molecular weight is 548 g/mol. The summed E-state index contributed by atoms with van der Waals surface area (Å²) in [6, 6.07) is 18.7. The number of nitrogens with zero attached hydrogens (tertiary/aromatic N) is 2. The van der Waals surface area contributed by atoms with E-state index in [1.807, 2.05) is 12.1 Å². The van der Waals surface area contributed by atoms with Gasteiger partial charge in [-0.05, 0) is 60.7 Å². The summed E-state index contributed by atoms with van der Waals surface area (Å²) >= 11 is 0. The van der Waals surface area contributed by atoms with Gasteiger partial charge < -0.3 is 20.5 Å². The lowest BCUT2D eigenvalue weighted by molar-refractivity contribution is -0.134. The first-order chi connectivity index (χ1) is 18.7. The smallest absolute Gasteiger partial charge is 0.238 e. The fourth-order valence-electron chi connectivity index (χ4n) is 4.91. The Kier molecular flexibility index (Phi) is 7.36. The van der Waals surface area contributed by atoms with Crippen molar-refractivity contribution in [2.75, 3.05) is 24.1 Å². The number of nitrogens with two attached hydrogens (primary N) is 2. The second-order valence-electron chi connectivity index (χ2n) is 9.70. The largest absolute Gasteiger partial charge is 0.380 e. The van der Waals surface area contributed by atoms with E-state index in [1.54, 1.807) is 53.4 Å². The number of benzene rings is 3. The van der Waals surface area contributed by atoms with Gasteiger partial charge in [0.1, 0.15) is 0 Å². The highest BCUT2D eigenvalue weighted by Crippen LogP contribution is 2.29. The van der Waals surface area contributed by atoms with Crippen molar-refractivity contribution in [2.24, 2.45) is 11.1 Å². The van der Waals surface area contributed by atoms with Crippen LogP contribution in [0.5, 0.6) is 0 Å². The van der Waals surface area contributed by atoms with Crippen molar-refractivity contribution < 1.29 is 22.5 Å². The third-order valence-electron chi connectivity index (χ3n) is 6.95. The number of aromatic nitrogens is 1. The van der Waals surface area contributed by atoms with E-state index in [0.29, 0.717) is 47.3 Å². The predicted octanol–water partition coefficient (Wildman–Crippen LogP) is 3.53. The first-order valence-electron chi connectivity index (χ1n) is 12.6. The van der Waals surface area contributed by atoms with Crippen molar-refractivity contribution >= 4 is 44.3 Å². The van der Waals surface area contributed by atoms with Crippen LogP contribution in [0, 0.1) is 5.92 Å². The van der Waals surface area contributed by atoms with E-state index in [2.05, 4.69) is 10.5 Å². The van der Waals surface area contributed by atoms with Gasteiger partial charge in [0.2, 0.25) is 21.8 Å². The molecule has 3 aromatic carbocycles. The summed E-state index contributed by atoms with van der Waals surface area (Å²) in [4.78, 5) is 28.3. The number of fused-ring (bicyclic) bond motifs is 1. The molecule has 1 aliphatic heterocycles. The highest BCUT2D eigenvalue weighted by Gasteiger charge is 2.27. The van der Waals surface area contributed by atoms with Gasteiger partial charge in [0.05, 0.1) is 16.2 Å². The number of sulfonamides is 1. The number of rotatable bonds is 8. The van der Waals surface area contributed by atoms with Gasteiger partial charge in [0, 0.05) is 30.8 Å². The second kappa shape index (κ2) is 10.9. The molecule has 1 unspecified atom stereocenters. The van der Waals surface area contributed by atoms with Crippen LogP contribution in [0.4, 0.5) is 11.5 Å². The molecule has 1 aliphatic rings.